The highest BCUT2D eigenvalue weighted by atomic mass is 16.7. The molecular weight excluding hydrogens is 402 g/mol. The van der Waals surface area contributed by atoms with Crippen LogP contribution in [0.2, 0.25) is 0 Å². The Bertz CT molecular complexity index is 953. The van der Waals surface area contributed by atoms with Gasteiger partial charge in [-0.1, -0.05) is 0 Å². The van der Waals surface area contributed by atoms with Crippen LogP contribution in [0.5, 0.6) is 28.7 Å². The van der Waals surface area contributed by atoms with Gasteiger partial charge in [0.1, 0.15) is 5.75 Å². The molecule has 2 aliphatic rings. The summed E-state index contributed by atoms with van der Waals surface area (Å²) in [4.78, 5) is 26.8. The van der Waals surface area contributed by atoms with Gasteiger partial charge in [-0.15, -0.1) is 0 Å². The van der Waals surface area contributed by atoms with Crippen LogP contribution in [0.1, 0.15) is 36.5 Å². The smallest absolute Gasteiger partial charge is 0.343 e. The third kappa shape index (κ3) is 5.02. The maximum absolute atomic E-state index is 12.6. The van der Waals surface area contributed by atoms with Crippen molar-refractivity contribution in [3.8, 4) is 28.7 Å². The van der Waals surface area contributed by atoms with Crippen molar-refractivity contribution in [1.82, 2.24) is 4.90 Å². The fourth-order valence-electron chi connectivity index (χ4n) is 3.50. The summed E-state index contributed by atoms with van der Waals surface area (Å²) in [7, 11) is 0. The second-order valence-electron chi connectivity index (χ2n) is 7.23. The van der Waals surface area contributed by atoms with E-state index in [1.54, 1.807) is 36.4 Å². The molecule has 1 saturated heterocycles. The van der Waals surface area contributed by atoms with Crippen molar-refractivity contribution >= 4 is 11.9 Å². The Morgan fingerprint density at radius 3 is 2.55 bits per heavy atom. The SMILES string of the molecule is CCOc1cc(C(=O)Oc2ccc3c(c2)OCO3)ccc1OCC(=O)N1CCCCC1. The summed E-state index contributed by atoms with van der Waals surface area (Å²) < 4.78 is 27.3. The molecule has 8 nitrogen and oxygen atoms in total. The average Bonchev–Trinajstić information content (AvgIpc) is 3.26. The number of nitrogens with zero attached hydrogens (tertiary/aromatic N) is 1. The first-order chi connectivity index (χ1) is 15.1. The Labute approximate surface area is 180 Å². The van der Waals surface area contributed by atoms with E-state index in [0.29, 0.717) is 40.9 Å². The second kappa shape index (κ2) is 9.59. The molecule has 1 fully saturated rings. The van der Waals surface area contributed by atoms with Crippen molar-refractivity contribution in [3.05, 3.63) is 42.0 Å². The van der Waals surface area contributed by atoms with Gasteiger partial charge in [-0.25, -0.2) is 4.79 Å². The van der Waals surface area contributed by atoms with E-state index in [9.17, 15) is 9.59 Å². The van der Waals surface area contributed by atoms with Crippen LogP contribution in [-0.4, -0.2) is 49.9 Å². The van der Waals surface area contributed by atoms with Crippen LogP contribution in [0.15, 0.2) is 36.4 Å². The summed E-state index contributed by atoms with van der Waals surface area (Å²) in [5.41, 5.74) is 0.302. The lowest BCUT2D eigenvalue weighted by atomic mass is 10.1. The Hall–Kier alpha value is -3.42. The Morgan fingerprint density at radius 1 is 0.935 bits per heavy atom. The zero-order chi connectivity index (χ0) is 21.6. The molecule has 164 valence electrons. The second-order valence-corrected chi connectivity index (χ2v) is 7.23. The number of fused-ring (bicyclic) bond motifs is 1. The molecular formula is C23H25NO7. The molecule has 1 amide bonds. The maximum atomic E-state index is 12.6. The Balaban J connectivity index is 1.42. The molecule has 0 bridgehead atoms. The van der Waals surface area contributed by atoms with Crippen molar-refractivity contribution in [2.24, 2.45) is 0 Å². The lowest BCUT2D eigenvalue weighted by molar-refractivity contribution is -0.134. The largest absolute Gasteiger partial charge is 0.490 e. The van der Waals surface area contributed by atoms with Crippen LogP contribution in [0.4, 0.5) is 0 Å². The van der Waals surface area contributed by atoms with Gasteiger partial charge in [0.25, 0.3) is 5.91 Å². The fraction of sp³-hybridized carbons (Fsp3) is 0.391. The fourth-order valence-corrected chi connectivity index (χ4v) is 3.50. The van der Waals surface area contributed by atoms with Crippen LogP contribution in [-0.2, 0) is 4.79 Å². The molecule has 0 radical (unpaired) electrons. The lowest BCUT2D eigenvalue weighted by Crippen LogP contribution is -2.38. The van der Waals surface area contributed by atoms with Gasteiger partial charge in [-0.2, -0.15) is 0 Å². The molecule has 31 heavy (non-hydrogen) atoms. The molecule has 0 saturated carbocycles. The van der Waals surface area contributed by atoms with Gasteiger partial charge in [0.15, 0.2) is 29.6 Å². The van der Waals surface area contributed by atoms with Gasteiger partial charge in [-0.05, 0) is 56.5 Å². The first kappa shape index (κ1) is 20.8. The standard InChI is InChI=1S/C23H25NO7/c1-2-27-20-12-16(23(26)31-17-7-9-19-21(13-17)30-15-29-19)6-8-18(20)28-14-22(25)24-10-4-3-5-11-24/h6-9,12-13H,2-5,10-11,14-15H2,1H3. The minimum Gasteiger partial charge on any atom is -0.490 e. The Kier molecular flexibility index (Phi) is 6.45. The molecule has 0 unspecified atom stereocenters. The predicted octanol–water partition coefficient (Wildman–Crippen LogP) is 3.42. The highest BCUT2D eigenvalue weighted by molar-refractivity contribution is 5.92. The maximum Gasteiger partial charge on any atom is 0.343 e. The van der Waals surface area contributed by atoms with Crippen LogP contribution in [0.25, 0.3) is 0 Å². The predicted molar refractivity (Wildman–Crippen MR) is 111 cm³/mol. The van der Waals surface area contributed by atoms with Gasteiger partial charge in [0.05, 0.1) is 12.2 Å². The molecule has 0 aromatic heterocycles. The molecule has 0 aliphatic carbocycles. The van der Waals surface area contributed by atoms with Crippen molar-refractivity contribution in [2.45, 2.75) is 26.2 Å². The zero-order valence-corrected chi connectivity index (χ0v) is 17.4. The van der Waals surface area contributed by atoms with Crippen LogP contribution >= 0.6 is 0 Å². The summed E-state index contributed by atoms with van der Waals surface area (Å²) in [6.45, 7) is 3.83. The van der Waals surface area contributed by atoms with Crippen molar-refractivity contribution in [1.29, 1.82) is 0 Å². The van der Waals surface area contributed by atoms with Gasteiger partial charge in [0, 0.05) is 19.2 Å². The molecule has 2 aromatic carbocycles. The molecule has 2 heterocycles. The summed E-state index contributed by atoms with van der Waals surface area (Å²) in [6, 6.07) is 9.68. The topological polar surface area (TPSA) is 83.5 Å². The summed E-state index contributed by atoms with van der Waals surface area (Å²) in [6.07, 6.45) is 3.20. The average molecular weight is 427 g/mol. The number of benzene rings is 2. The van der Waals surface area contributed by atoms with E-state index in [4.69, 9.17) is 23.7 Å². The number of rotatable bonds is 7. The van der Waals surface area contributed by atoms with Crippen LogP contribution < -0.4 is 23.7 Å². The normalized spacial score (nSPS) is 14.8. The number of piperidine rings is 1. The van der Waals surface area contributed by atoms with Gasteiger partial charge in [0.2, 0.25) is 6.79 Å². The molecule has 2 aliphatic heterocycles. The van der Waals surface area contributed by atoms with Gasteiger partial charge >= 0.3 is 5.97 Å². The number of hydrogen-bond acceptors (Lipinski definition) is 7. The number of ether oxygens (including phenoxy) is 5. The van der Waals surface area contributed by atoms with E-state index in [1.807, 2.05) is 11.8 Å². The number of amides is 1. The number of hydrogen-bond donors (Lipinski definition) is 0. The third-order valence-electron chi connectivity index (χ3n) is 5.09. The molecule has 2 aromatic rings. The quantitative estimate of drug-likeness (QED) is 0.494. The monoisotopic (exact) mass is 427 g/mol. The molecule has 0 N–H and O–H groups in total. The van der Waals surface area contributed by atoms with E-state index in [0.717, 1.165) is 32.4 Å². The summed E-state index contributed by atoms with van der Waals surface area (Å²) in [5, 5.41) is 0. The van der Waals surface area contributed by atoms with E-state index in [1.165, 1.54) is 0 Å². The highest BCUT2D eigenvalue weighted by Crippen LogP contribution is 2.35. The molecule has 0 atom stereocenters. The molecule has 0 spiro atoms. The summed E-state index contributed by atoms with van der Waals surface area (Å²) in [5.74, 6) is 1.69. The Morgan fingerprint density at radius 2 is 1.74 bits per heavy atom. The lowest BCUT2D eigenvalue weighted by Gasteiger charge is -2.26. The number of likely N-dealkylation sites (tertiary alicyclic amines) is 1. The molecule has 8 heteroatoms. The van der Waals surface area contributed by atoms with Crippen molar-refractivity contribution in [2.75, 3.05) is 33.1 Å². The number of carbonyl (C=O) groups is 2. The first-order valence-electron chi connectivity index (χ1n) is 10.4. The first-order valence-corrected chi connectivity index (χ1v) is 10.4. The van der Waals surface area contributed by atoms with E-state index in [-0.39, 0.29) is 19.3 Å². The van der Waals surface area contributed by atoms with Gasteiger partial charge < -0.3 is 28.6 Å². The third-order valence-corrected chi connectivity index (χ3v) is 5.09. The van der Waals surface area contributed by atoms with Crippen molar-refractivity contribution in [3.63, 3.8) is 0 Å². The highest BCUT2D eigenvalue weighted by Gasteiger charge is 2.20. The minimum atomic E-state index is -0.546. The zero-order valence-electron chi connectivity index (χ0n) is 17.4. The van der Waals surface area contributed by atoms with Gasteiger partial charge in [-0.3, -0.25) is 4.79 Å². The van der Waals surface area contributed by atoms with E-state index >= 15 is 0 Å². The van der Waals surface area contributed by atoms with Crippen LogP contribution in [0, 0.1) is 0 Å². The number of esters is 1. The van der Waals surface area contributed by atoms with Crippen LogP contribution in [0.3, 0.4) is 0 Å². The minimum absolute atomic E-state index is 0.0477. The van der Waals surface area contributed by atoms with E-state index < -0.39 is 5.97 Å². The number of carbonyl (C=O) groups excluding carboxylic acids is 2. The van der Waals surface area contributed by atoms with E-state index in [2.05, 4.69) is 0 Å². The summed E-state index contributed by atoms with van der Waals surface area (Å²) >= 11 is 0. The molecule has 4 rings (SSSR count). The van der Waals surface area contributed by atoms with Crippen molar-refractivity contribution < 1.29 is 33.3 Å².